The molecule has 3 N–H and O–H groups in total. The summed E-state index contributed by atoms with van der Waals surface area (Å²) in [6, 6.07) is 5.65. The van der Waals surface area contributed by atoms with E-state index in [-0.39, 0.29) is 22.4 Å². The summed E-state index contributed by atoms with van der Waals surface area (Å²) < 4.78 is 5.78. The van der Waals surface area contributed by atoms with Crippen LogP contribution in [0, 0.1) is 0 Å². The Labute approximate surface area is 200 Å². The number of morpholine rings is 1. The number of carboxylic acid groups (broad SMARTS) is 1. The highest BCUT2D eigenvalue weighted by Gasteiger charge is 2.22. The number of thioether (sulfide) groups is 2. The number of hydrogen-bond donors (Lipinski definition) is 3. The summed E-state index contributed by atoms with van der Waals surface area (Å²) in [7, 11) is 0. The summed E-state index contributed by atoms with van der Waals surface area (Å²) in [5, 5.41) is 17.5. The van der Waals surface area contributed by atoms with Crippen LogP contribution in [0.2, 0.25) is 10.0 Å². The molecule has 1 amide bonds. The van der Waals surface area contributed by atoms with E-state index in [0.717, 1.165) is 37.4 Å². The number of ether oxygens (including phenoxy) is 1. The first-order chi connectivity index (χ1) is 14.9. The van der Waals surface area contributed by atoms with Crippen molar-refractivity contribution < 1.29 is 19.4 Å². The molecule has 1 fully saturated rings. The highest BCUT2D eigenvalue weighted by Crippen LogP contribution is 2.30. The second-order valence-electron chi connectivity index (χ2n) is 7.20. The van der Waals surface area contributed by atoms with Gasteiger partial charge in [0.25, 0.3) is 0 Å². The maximum atomic E-state index is 12.1. The number of carboxylic acids is 1. The lowest BCUT2D eigenvalue weighted by Gasteiger charge is -2.33. The number of hydrogen-bond acceptors (Lipinski definition) is 7. The van der Waals surface area contributed by atoms with Crippen molar-refractivity contribution in [1.29, 1.82) is 0 Å². The van der Waals surface area contributed by atoms with Crippen LogP contribution in [0.25, 0.3) is 0 Å². The molecule has 2 aliphatic rings. The maximum absolute atomic E-state index is 12.1. The molecule has 1 aromatic carbocycles. The highest BCUT2D eigenvalue weighted by atomic mass is 35.5. The Morgan fingerprint density at radius 3 is 2.94 bits per heavy atom. The van der Waals surface area contributed by atoms with E-state index in [1.54, 1.807) is 23.2 Å². The third-order valence-corrected chi connectivity index (χ3v) is 7.93. The van der Waals surface area contributed by atoms with Gasteiger partial charge in [0, 0.05) is 38.0 Å². The third-order valence-electron chi connectivity index (χ3n) is 4.77. The molecule has 3 rings (SSSR count). The first-order valence-corrected chi connectivity index (χ1v) is 12.7. The average molecular weight is 506 g/mol. The van der Waals surface area contributed by atoms with Crippen LogP contribution in [0.15, 0.2) is 29.3 Å². The lowest BCUT2D eigenvalue weighted by Crippen LogP contribution is -2.47. The van der Waals surface area contributed by atoms with E-state index in [1.165, 1.54) is 11.8 Å². The van der Waals surface area contributed by atoms with Crippen molar-refractivity contribution in [3.63, 3.8) is 0 Å². The number of carbonyl (C=O) groups is 2. The molecule has 0 bridgehead atoms. The fraction of sp³-hybridized carbons (Fsp3) is 0.500. The van der Waals surface area contributed by atoms with Gasteiger partial charge in [0.05, 0.1) is 22.8 Å². The van der Waals surface area contributed by atoms with Crippen LogP contribution in [0.1, 0.15) is 18.4 Å². The molecular weight excluding hydrogens is 481 g/mol. The van der Waals surface area contributed by atoms with Crippen LogP contribution in [0.3, 0.4) is 0 Å². The molecule has 0 spiro atoms. The normalized spacial score (nSPS) is 21.4. The molecule has 2 aliphatic heterocycles. The highest BCUT2D eigenvalue weighted by molar-refractivity contribution is 8.18. The van der Waals surface area contributed by atoms with Crippen molar-refractivity contribution in [3.8, 4) is 0 Å². The molecule has 0 saturated carbocycles. The molecule has 11 heteroatoms. The van der Waals surface area contributed by atoms with E-state index >= 15 is 0 Å². The van der Waals surface area contributed by atoms with Crippen molar-refractivity contribution >= 4 is 58.6 Å². The number of halogens is 2. The van der Waals surface area contributed by atoms with Crippen molar-refractivity contribution in [2.75, 3.05) is 32.0 Å². The molecule has 7 nitrogen and oxygen atoms in total. The number of aliphatic carboxylic acids is 1. The fourth-order valence-corrected chi connectivity index (χ4v) is 5.65. The molecule has 2 heterocycles. The summed E-state index contributed by atoms with van der Waals surface area (Å²) in [4.78, 5) is 25.3. The van der Waals surface area contributed by atoms with Crippen LogP contribution >= 0.6 is 46.7 Å². The summed E-state index contributed by atoms with van der Waals surface area (Å²) in [5.74, 6) is -0.173. The second-order valence-corrected chi connectivity index (χ2v) is 10.5. The van der Waals surface area contributed by atoms with Crippen LogP contribution in [0.5, 0.6) is 0 Å². The smallest absolute Gasteiger partial charge is 0.352 e. The Balaban J connectivity index is 1.29. The van der Waals surface area contributed by atoms with Gasteiger partial charge in [-0.2, -0.15) is 0 Å². The molecular formula is C20H25Cl2N3O4S2. The van der Waals surface area contributed by atoms with Crippen LogP contribution in [0.4, 0.5) is 0 Å². The Morgan fingerprint density at radius 1 is 1.35 bits per heavy atom. The van der Waals surface area contributed by atoms with Gasteiger partial charge in [0.2, 0.25) is 5.91 Å². The van der Waals surface area contributed by atoms with Crippen molar-refractivity contribution in [2.45, 2.75) is 30.2 Å². The van der Waals surface area contributed by atoms with E-state index in [4.69, 9.17) is 33.0 Å². The van der Waals surface area contributed by atoms with E-state index < -0.39 is 5.97 Å². The van der Waals surface area contributed by atoms with Crippen molar-refractivity contribution in [2.24, 2.45) is 0 Å². The van der Waals surface area contributed by atoms with Gasteiger partial charge < -0.3 is 20.5 Å². The Bertz CT molecular complexity index is 828. The van der Waals surface area contributed by atoms with Crippen LogP contribution in [-0.4, -0.2) is 64.7 Å². The Kier molecular flexibility index (Phi) is 9.68. The molecule has 0 radical (unpaired) electrons. The predicted octanol–water partition coefficient (Wildman–Crippen LogP) is 3.37. The number of nitrogens with one attached hydrogen (secondary N) is 2. The third kappa shape index (κ3) is 8.07. The minimum absolute atomic E-state index is 0.00203. The van der Waals surface area contributed by atoms with Crippen molar-refractivity contribution in [1.82, 2.24) is 15.5 Å². The molecule has 1 aromatic rings. The zero-order valence-electron chi connectivity index (χ0n) is 16.8. The lowest BCUT2D eigenvalue weighted by atomic mass is 10.2. The summed E-state index contributed by atoms with van der Waals surface area (Å²) >= 11 is 15.1. The number of rotatable bonds is 10. The van der Waals surface area contributed by atoms with Crippen molar-refractivity contribution in [3.05, 3.63) is 44.9 Å². The van der Waals surface area contributed by atoms with Gasteiger partial charge in [0.1, 0.15) is 10.4 Å². The van der Waals surface area contributed by atoms with Gasteiger partial charge in [-0.25, -0.2) is 4.79 Å². The molecule has 2 atom stereocenters. The van der Waals surface area contributed by atoms with Gasteiger partial charge in [-0.15, -0.1) is 11.8 Å². The first kappa shape index (κ1) is 24.5. The molecule has 0 aromatic heterocycles. The maximum Gasteiger partial charge on any atom is 0.352 e. The minimum Gasteiger partial charge on any atom is -0.477 e. The monoisotopic (exact) mass is 505 g/mol. The molecule has 1 unspecified atom stereocenters. The number of carbonyl (C=O) groups excluding carboxylic acids is 1. The number of benzene rings is 1. The summed E-state index contributed by atoms with van der Waals surface area (Å²) in [6.07, 6.45) is 1.12. The molecule has 170 valence electrons. The van der Waals surface area contributed by atoms with Crippen LogP contribution < -0.4 is 10.6 Å². The van der Waals surface area contributed by atoms with Gasteiger partial charge >= 0.3 is 5.97 Å². The summed E-state index contributed by atoms with van der Waals surface area (Å²) in [5.41, 5.74) is 1.32. The first-order valence-electron chi connectivity index (χ1n) is 9.92. The van der Waals surface area contributed by atoms with Crippen LogP contribution in [-0.2, 0) is 20.9 Å². The average Bonchev–Trinajstić information content (AvgIpc) is 3.22. The SMILES string of the molecule is O=C(CCCSC1NC(C(=O)O)=CS1)NC[C@H]1CN(Cc2ccc(Cl)c(Cl)c2)CCO1. The van der Waals surface area contributed by atoms with Gasteiger partial charge in [-0.1, -0.05) is 41.0 Å². The minimum atomic E-state index is -0.949. The molecule has 0 aliphatic carbocycles. The van der Waals surface area contributed by atoms with E-state index in [1.807, 2.05) is 12.1 Å². The zero-order chi connectivity index (χ0) is 22.2. The topological polar surface area (TPSA) is 90.9 Å². The molecule has 31 heavy (non-hydrogen) atoms. The lowest BCUT2D eigenvalue weighted by molar-refractivity contribution is -0.133. The Morgan fingerprint density at radius 2 is 2.19 bits per heavy atom. The number of nitrogens with zero attached hydrogens (tertiary/aromatic N) is 1. The van der Waals surface area contributed by atoms with Gasteiger partial charge in [-0.05, 0) is 29.9 Å². The quantitative estimate of drug-likeness (QED) is 0.417. The van der Waals surface area contributed by atoms with E-state index in [2.05, 4.69) is 15.5 Å². The zero-order valence-corrected chi connectivity index (χ0v) is 20.0. The Hall–Kier alpha value is -1.10. The predicted molar refractivity (Wildman–Crippen MR) is 126 cm³/mol. The van der Waals surface area contributed by atoms with Gasteiger partial charge in [0.15, 0.2) is 0 Å². The number of amides is 1. The molecule has 1 saturated heterocycles. The fourth-order valence-electron chi connectivity index (χ4n) is 3.20. The standard InChI is InChI=1S/C20H25Cl2N3O4S2/c21-15-4-3-13(8-16(15)22)10-25-5-6-29-14(11-25)9-23-18(26)2-1-7-30-20-24-17(12-31-20)19(27)28/h3-4,8,12,14,20,24H,1-2,5-7,9-11H2,(H,23,26)(H,27,28)/t14-,20?/m0/s1. The largest absolute Gasteiger partial charge is 0.477 e. The van der Waals surface area contributed by atoms with E-state index in [0.29, 0.717) is 29.6 Å². The van der Waals surface area contributed by atoms with E-state index in [9.17, 15) is 9.59 Å². The van der Waals surface area contributed by atoms with Gasteiger partial charge in [-0.3, -0.25) is 9.69 Å². The summed E-state index contributed by atoms with van der Waals surface area (Å²) in [6.45, 7) is 3.42. The second kappa shape index (κ2) is 12.2.